The number of hydrogen-bond donors (Lipinski definition) is 1. The summed E-state index contributed by atoms with van der Waals surface area (Å²) in [4.78, 5) is 13.5. The molecule has 3 rings (SSSR count). The average Bonchev–Trinajstić information content (AvgIpc) is 2.86. The van der Waals surface area contributed by atoms with Crippen LogP contribution in [0.4, 0.5) is 0 Å². The van der Waals surface area contributed by atoms with E-state index in [1.54, 1.807) is 0 Å². The van der Waals surface area contributed by atoms with Gasteiger partial charge >= 0.3 is 5.97 Å². The van der Waals surface area contributed by atoms with E-state index in [0.29, 0.717) is 6.54 Å². The fraction of sp³-hybridized carbons (Fsp3) is 0.562. The van der Waals surface area contributed by atoms with Crippen molar-refractivity contribution in [2.45, 2.75) is 38.3 Å². The second-order valence-electron chi connectivity index (χ2n) is 6.44. The van der Waals surface area contributed by atoms with Crippen molar-refractivity contribution in [3.05, 3.63) is 29.8 Å². The maximum atomic E-state index is 11.2. The Labute approximate surface area is 119 Å². The highest BCUT2D eigenvalue weighted by Crippen LogP contribution is 2.43. The van der Waals surface area contributed by atoms with Crippen molar-refractivity contribution in [3.8, 4) is 5.75 Å². The van der Waals surface area contributed by atoms with Crippen LogP contribution in [0.2, 0.25) is 0 Å². The molecule has 1 saturated heterocycles. The molecule has 2 unspecified atom stereocenters. The highest BCUT2D eigenvalue weighted by atomic mass is 16.5. The Morgan fingerprint density at radius 3 is 2.85 bits per heavy atom. The number of ether oxygens (including phenoxy) is 1. The van der Waals surface area contributed by atoms with Crippen molar-refractivity contribution in [2.24, 2.45) is 5.92 Å². The monoisotopic (exact) mass is 275 g/mol. The van der Waals surface area contributed by atoms with Crippen molar-refractivity contribution < 1.29 is 14.6 Å². The first kappa shape index (κ1) is 13.4. The lowest BCUT2D eigenvalue weighted by Gasteiger charge is -2.41. The summed E-state index contributed by atoms with van der Waals surface area (Å²) < 4.78 is 6.04. The molecule has 2 aliphatic rings. The van der Waals surface area contributed by atoms with Gasteiger partial charge in [0.15, 0.2) is 0 Å². The second kappa shape index (κ2) is 4.77. The van der Waals surface area contributed by atoms with E-state index in [9.17, 15) is 9.90 Å². The first-order chi connectivity index (χ1) is 9.46. The van der Waals surface area contributed by atoms with Gasteiger partial charge in [0.05, 0.1) is 5.92 Å². The number of fused-ring (bicyclic) bond motifs is 1. The van der Waals surface area contributed by atoms with Crippen LogP contribution < -0.4 is 4.74 Å². The van der Waals surface area contributed by atoms with Crippen molar-refractivity contribution in [3.63, 3.8) is 0 Å². The quantitative estimate of drug-likeness (QED) is 0.901. The first-order valence-electron chi connectivity index (χ1n) is 7.21. The van der Waals surface area contributed by atoms with Crippen molar-refractivity contribution in [1.29, 1.82) is 0 Å². The summed E-state index contributed by atoms with van der Waals surface area (Å²) in [6, 6.07) is 8.39. The topological polar surface area (TPSA) is 49.8 Å². The number of hydrogen-bond acceptors (Lipinski definition) is 3. The summed E-state index contributed by atoms with van der Waals surface area (Å²) in [5.41, 5.74) is 0.984. The van der Waals surface area contributed by atoms with E-state index in [1.165, 1.54) is 5.56 Å². The maximum Gasteiger partial charge on any atom is 0.307 e. The maximum absolute atomic E-state index is 11.2. The molecule has 2 atom stereocenters. The summed E-state index contributed by atoms with van der Waals surface area (Å²) in [5, 5.41) is 9.18. The van der Waals surface area contributed by atoms with Crippen molar-refractivity contribution in [2.75, 3.05) is 13.1 Å². The third kappa shape index (κ3) is 2.40. The van der Waals surface area contributed by atoms with Crippen molar-refractivity contribution >= 4 is 5.97 Å². The number of likely N-dealkylation sites (tertiary alicyclic amines) is 1. The minimum Gasteiger partial charge on any atom is -0.487 e. The standard InChI is InChI=1S/C16H21NO3/c1-16(2)9-13(12-5-3-4-6-14(12)20-16)17-8-7-11(10-17)15(18)19/h3-6,11,13H,7-10H2,1-2H3,(H,18,19). The largest absolute Gasteiger partial charge is 0.487 e. The Morgan fingerprint density at radius 1 is 1.40 bits per heavy atom. The molecule has 0 saturated carbocycles. The van der Waals surface area contributed by atoms with E-state index >= 15 is 0 Å². The number of carboxylic acids is 1. The summed E-state index contributed by atoms with van der Waals surface area (Å²) in [5.74, 6) is 0.0350. The highest BCUT2D eigenvalue weighted by Gasteiger charge is 2.40. The van der Waals surface area contributed by atoms with Crippen LogP contribution in [-0.2, 0) is 4.79 Å². The predicted molar refractivity (Wildman–Crippen MR) is 75.8 cm³/mol. The number of carbonyl (C=O) groups is 1. The molecule has 4 nitrogen and oxygen atoms in total. The Kier molecular flexibility index (Phi) is 3.21. The van der Waals surface area contributed by atoms with Gasteiger partial charge in [0.1, 0.15) is 11.4 Å². The Balaban J connectivity index is 1.88. The molecule has 0 aromatic heterocycles. The van der Waals surface area contributed by atoms with Gasteiger partial charge in [-0.2, -0.15) is 0 Å². The molecule has 4 heteroatoms. The van der Waals surface area contributed by atoms with Gasteiger partial charge in [0.25, 0.3) is 0 Å². The molecule has 0 radical (unpaired) electrons. The Hall–Kier alpha value is -1.55. The molecular weight excluding hydrogens is 254 g/mol. The van der Waals surface area contributed by atoms with E-state index in [0.717, 1.165) is 25.1 Å². The smallest absolute Gasteiger partial charge is 0.307 e. The normalized spacial score (nSPS) is 28.7. The minimum atomic E-state index is -0.674. The van der Waals surface area contributed by atoms with Gasteiger partial charge in [-0.3, -0.25) is 9.69 Å². The van der Waals surface area contributed by atoms with E-state index in [2.05, 4.69) is 24.8 Å². The van der Waals surface area contributed by atoms with Crippen LogP contribution >= 0.6 is 0 Å². The third-order valence-corrected chi connectivity index (χ3v) is 4.36. The van der Waals surface area contributed by atoms with E-state index in [-0.39, 0.29) is 17.6 Å². The summed E-state index contributed by atoms with van der Waals surface area (Å²) in [6.45, 7) is 5.69. The molecular formula is C16H21NO3. The number of nitrogens with zero attached hydrogens (tertiary/aromatic N) is 1. The molecule has 0 aliphatic carbocycles. The van der Waals surface area contributed by atoms with Crippen LogP contribution in [0.25, 0.3) is 0 Å². The van der Waals surface area contributed by atoms with Gasteiger partial charge in [-0.1, -0.05) is 18.2 Å². The molecule has 0 amide bonds. The number of aliphatic carboxylic acids is 1. The SMILES string of the molecule is CC1(C)CC(N2CCC(C(=O)O)C2)c2ccccc2O1. The van der Waals surface area contributed by atoms with Crippen LogP contribution in [0, 0.1) is 5.92 Å². The van der Waals surface area contributed by atoms with E-state index in [1.807, 2.05) is 18.2 Å². The molecule has 0 spiro atoms. The zero-order valence-corrected chi connectivity index (χ0v) is 12.0. The lowest BCUT2D eigenvalue weighted by Crippen LogP contribution is -2.41. The molecule has 1 N–H and O–H groups in total. The fourth-order valence-electron chi connectivity index (χ4n) is 3.36. The Morgan fingerprint density at radius 2 is 2.15 bits per heavy atom. The van der Waals surface area contributed by atoms with Gasteiger partial charge < -0.3 is 9.84 Å². The Bertz CT molecular complexity index is 526. The number of para-hydroxylation sites is 1. The third-order valence-electron chi connectivity index (χ3n) is 4.36. The first-order valence-corrected chi connectivity index (χ1v) is 7.21. The second-order valence-corrected chi connectivity index (χ2v) is 6.44. The lowest BCUT2D eigenvalue weighted by atomic mass is 9.89. The van der Waals surface area contributed by atoms with Crippen LogP contribution in [0.15, 0.2) is 24.3 Å². The van der Waals surface area contributed by atoms with Gasteiger partial charge in [0.2, 0.25) is 0 Å². The van der Waals surface area contributed by atoms with Crippen molar-refractivity contribution in [1.82, 2.24) is 4.90 Å². The van der Waals surface area contributed by atoms with Crippen LogP contribution in [0.5, 0.6) is 5.75 Å². The van der Waals surface area contributed by atoms with E-state index in [4.69, 9.17) is 4.74 Å². The average molecular weight is 275 g/mol. The van der Waals surface area contributed by atoms with Gasteiger partial charge in [-0.25, -0.2) is 0 Å². The summed E-state index contributed by atoms with van der Waals surface area (Å²) >= 11 is 0. The highest BCUT2D eigenvalue weighted by molar-refractivity contribution is 5.70. The molecule has 20 heavy (non-hydrogen) atoms. The minimum absolute atomic E-state index is 0.208. The van der Waals surface area contributed by atoms with Crippen LogP contribution in [0.3, 0.4) is 0 Å². The molecule has 2 heterocycles. The number of benzene rings is 1. The molecule has 1 fully saturated rings. The lowest BCUT2D eigenvalue weighted by molar-refractivity contribution is -0.141. The van der Waals surface area contributed by atoms with Gasteiger partial charge in [-0.05, 0) is 32.9 Å². The van der Waals surface area contributed by atoms with Crippen LogP contribution in [-0.4, -0.2) is 34.7 Å². The fourth-order valence-corrected chi connectivity index (χ4v) is 3.36. The zero-order valence-electron chi connectivity index (χ0n) is 12.0. The molecule has 1 aromatic rings. The van der Waals surface area contributed by atoms with Gasteiger partial charge in [0, 0.05) is 24.6 Å². The molecule has 108 valence electrons. The molecule has 0 bridgehead atoms. The summed E-state index contributed by atoms with van der Waals surface area (Å²) in [7, 11) is 0. The summed E-state index contributed by atoms with van der Waals surface area (Å²) in [6.07, 6.45) is 1.64. The molecule has 2 aliphatic heterocycles. The number of carboxylic acid groups (broad SMARTS) is 1. The van der Waals surface area contributed by atoms with E-state index < -0.39 is 5.97 Å². The molecule has 1 aromatic carbocycles. The predicted octanol–water partition coefficient (Wildman–Crippen LogP) is 2.70. The van der Waals surface area contributed by atoms with Crippen LogP contribution in [0.1, 0.15) is 38.3 Å². The number of rotatable bonds is 2. The zero-order chi connectivity index (χ0) is 14.3. The van der Waals surface area contributed by atoms with Gasteiger partial charge in [-0.15, -0.1) is 0 Å².